The molecule has 0 aliphatic carbocycles. The van der Waals surface area contributed by atoms with Gasteiger partial charge in [-0.25, -0.2) is 4.98 Å². The third-order valence-corrected chi connectivity index (χ3v) is 3.09. The van der Waals surface area contributed by atoms with Crippen LogP contribution in [0.2, 0.25) is 5.02 Å². The number of ether oxygens (including phenoxy) is 1. The van der Waals surface area contributed by atoms with Crippen molar-refractivity contribution in [2.75, 3.05) is 24.6 Å². The van der Waals surface area contributed by atoms with E-state index >= 15 is 0 Å². The Morgan fingerprint density at radius 1 is 1.69 bits per heavy atom. The average Bonchev–Trinajstić information content (AvgIpc) is 2.29. The van der Waals surface area contributed by atoms with Crippen LogP contribution in [0.3, 0.4) is 0 Å². The predicted molar refractivity (Wildman–Crippen MR) is 64.5 cm³/mol. The number of anilines is 1. The van der Waals surface area contributed by atoms with Gasteiger partial charge in [0, 0.05) is 12.7 Å². The maximum atomic E-state index is 8.81. The number of rotatable bonds is 1. The van der Waals surface area contributed by atoms with Gasteiger partial charge in [-0.3, -0.25) is 0 Å². The molecule has 0 aromatic carbocycles. The second-order valence-electron chi connectivity index (χ2n) is 3.39. The highest BCUT2D eigenvalue weighted by atomic mass is 79.9. The minimum Gasteiger partial charge on any atom is -0.360 e. The highest BCUT2D eigenvalue weighted by molar-refractivity contribution is 9.10. The number of pyridine rings is 1. The van der Waals surface area contributed by atoms with Crippen LogP contribution < -0.4 is 4.90 Å². The van der Waals surface area contributed by atoms with E-state index in [9.17, 15) is 0 Å². The van der Waals surface area contributed by atoms with Gasteiger partial charge in [0.1, 0.15) is 5.82 Å². The third-order valence-electron chi connectivity index (χ3n) is 2.30. The summed E-state index contributed by atoms with van der Waals surface area (Å²) in [6, 6.07) is 3.89. The molecule has 4 nitrogen and oxygen atoms in total. The molecule has 16 heavy (non-hydrogen) atoms. The molecule has 0 spiro atoms. The predicted octanol–water partition coefficient (Wildman–Crippen LogP) is 2.23. The van der Waals surface area contributed by atoms with E-state index in [-0.39, 0.29) is 0 Å². The van der Waals surface area contributed by atoms with Crippen LogP contribution in [-0.2, 0) is 4.74 Å². The minimum atomic E-state index is -0.391. The Morgan fingerprint density at radius 2 is 2.50 bits per heavy atom. The van der Waals surface area contributed by atoms with Crippen LogP contribution in [0, 0.1) is 11.3 Å². The summed E-state index contributed by atoms with van der Waals surface area (Å²) in [4.78, 5) is 6.26. The van der Waals surface area contributed by atoms with Crippen molar-refractivity contribution in [3.8, 4) is 6.07 Å². The van der Waals surface area contributed by atoms with Crippen LogP contribution in [0.15, 0.2) is 16.7 Å². The van der Waals surface area contributed by atoms with Crippen molar-refractivity contribution in [2.24, 2.45) is 0 Å². The molecule has 1 unspecified atom stereocenters. The fourth-order valence-electron chi connectivity index (χ4n) is 1.56. The lowest BCUT2D eigenvalue weighted by Crippen LogP contribution is -2.42. The summed E-state index contributed by atoms with van der Waals surface area (Å²) in [5.74, 6) is 0.799. The highest BCUT2D eigenvalue weighted by Gasteiger charge is 2.22. The maximum Gasteiger partial charge on any atom is 0.161 e. The zero-order chi connectivity index (χ0) is 11.5. The van der Waals surface area contributed by atoms with E-state index in [0.717, 1.165) is 16.8 Å². The van der Waals surface area contributed by atoms with Gasteiger partial charge in [-0.15, -0.1) is 0 Å². The number of nitrogens with zero attached hydrogens (tertiary/aromatic N) is 3. The molecule has 1 saturated heterocycles. The van der Waals surface area contributed by atoms with Gasteiger partial charge in [-0.1, -0.05) is 11.6 Å². The number of hydrogen-bond donors (Lipinski definition) is 0. The monoisotopic (exact) mass is 301 g/mol. The molecular weight excluding hydrogens is 293 g/mol. The number of morpholine rings is 1. The normalized spacial score (nSPS) is 20.6. The van der Waals surface area contributed by atoms with Crippen molar-refractivity contribution in [3.05, 3.63) is 21.8 Å². The molecule has 1 fully saturated rings. The second-order valence-corrected chi connectivity index (χ2v) is 4.68. The first-order valence-electron chi connectivity index (χ1n) is 4.78. The Morgan fingerprint density at radius 3 is 3.19 bits per heavy atom. The molecular formula is C10H9BrClN3O. The lowest BCUT2D eigenvalue weighted by Gasteiger charge is -2.31. The van der Waals surface area contributed by atoms with Gasteiger partial charge in [0.15, 0.2) is 6.10 Å². The van der Waals surface area contributed by atoms with E-state index in [2.05, 4.69) is 27.0 Å². The summed E-state index contributed by atoms with van der Waals surface area (Å²) < 4.78 is 6.10. The van der Waals surface area contributed by atoms with E-state index in [1.807, 2.05) is 4.90 Å². The van der Waals surface area contributed by atoms with E-state index < -0.39 is 6.10 Å². The summed E-state index contributed by atoms with van der Waals surface area (Å²) >= 11 is 9.24. The average molecular weight is 303 g/mol. The van der Waals surface area contributed by atoms with Gasteiger partial charge in [0.2, 0.25) is 0 Å². The van der Waals surface area contributed by atoms with E-state index in [4.69, 9.17) is 21.6 Å². The maximum absolute atomic E-state index is 8.81. The summed E-state index contributed by atoms with van der Waals surface area (Å²) in [5, 5.41) is 9.40. The highest BCUT2D eigenvalue weighted by Crippen LogP contribution is 2.27. The molecule has 1 aliphatic heterocycles. The quantitative estimate of drug-likeness (QED) is 0.798. The summed E-state index contributed by atoms with van der Waals surface area (Å²) in [7, 11) is 0. The van der Waals surface area contributed by atoms with Crippen LogP contribution in [0.25, 0.3) is 0 Å². The molecule has 0 amide bonds. The van der Waals surface area contributed by atoms with Crippen LogP contribution >= 0.6 is 27.5 Å². The molecule has 2 heterocycles. The van der Waals surface area contributed by atoms with Gasteiger partial charge < -0.3 is 9.64 Å². The molecule has 0 radical (unpaired) electrons. The molecule has 2 rings (SSSR count). The van der Waals surface area contributed by atoms with E-state index in [1.165, 1.54) is 0 Å². The Hall–Kier alpha value is -0.830. The largest absolute Gasteiger partial charge is 0.360 e. The molecule has 1 aromatic rings. The summed E-state index contributed by atoms with van der Waals surface area (Å²) in [5.41, 5.74) is 0. The van der Waals surface area contributed by atoms with Crippen LogP contribution in [-0.4, -0.2) is 30.8 Å². The molecule has 6 heteroatoms. The topological polar surface area (TPSA) is 49.2 Å². The van der Waals surface area contributed by atoms with Crippen molar-refractivity contribution < 1.29 is 4.74 Å². The molecule has 1 atom stereocenters. The summed E-state index contributed by atoms with van der Waals surface area (Å²) in [6.07, 6.45) is 1.21. The first-order chi connectivity index (χ1) is 7.70. The SMILES string of the molecule is N#CC1CN(c2ncc(Cl)cc2Br)CCO1. The molecule has 1 aliphatic rings. The van der Waals surface area contributed by atoms with Gasteiger partial charge in [0.05, 0.1) is 28.7 Å². The zero-order valence-electron chi connectivity index (χ0n) is 8.36. The number of aromatic nitrogens is 1. The van der Waals surface area contributed by atoms with Gasteiger partial charge in [0.25, 0.3) is 0 Å². The number of halogens is 2. The van der Waals surface area contributed by atoms with Crippen molar-refractivity contribution in [1.82, 2.24) is 4.98 Å². The van der Waals surface area contributed by atoms with Crippen molar-refractivity contribution in [2.45, 2.75) is 6.10 Å². The molecule has 1 aromatic heterocycles. The van der Waals surface area contributed by atoms with Crippen LogP contribution in [0.4, 0.5) is 5.82 Å². The van der Waals surface area contributed by atoms with Gasteiger partial charge in [-0.05, 0) is 22.0 Å². The zero-order valence-corrected chi connectivity index (χ0v) is 10.7. The van der Waals surface area contributed by atoms with Gasteiger partial charge in [-0.2, -0.15) is 5.26 Å². The fourth-order valence-corrected chi connectivity index (χ4v) is 2.45. The smallest absolute Gasteiger partial charge is 0.161 e. The lowest BCUT2D eigenvalue weighted by molar-refractivity contribution is 0.0761. The molecule has 0 N–H and O–H groups in total. The van der Waals surface area contributed by atoms with Crippen LogP contribution in [0.1, 0.15) is 0 Å². The minimum absolute atomic E-state index is 0.391. The Kier molecular flexibility index (Phi) is 3.64. The first-order valence-corrected chi connectivity index (χ1v) is 5.95. The Bertz CT molecular complexity index is 435. The second kappa shape index (κ2) is 5.00. The standard InChI is InChI=1S/C10H9BrClN3O/c11-9-3-7(12)5-14-10(9)15-1-2-16-8(4-13)6-15/h3,5,8H,1-2,6H2. The summed E-state index contributed by atoms with van der Waals surface area (Å²) in [6.45, 7) is 1.80. The third kappa shape index (κ3) is 2.46. The van der Waals surface area contributed by atoms with Crippen molar-refractivity contribution in [1.29, 1.82) is 5.26 Å². The molecule has 0 bridgehead atoms. The Balaban J connectivity index is 2.20. The van der Waals surface area contributed by atoms with Crippen molar-refractivity contribution >= 4 is 33.3 Å². The lowest BCUT2D eigenvalue weighted by atomic mass is 10.3. The van der Waals surface area contributed by atoms with E-state index in [0.29, 0.717) is 18.2 Å². The van der Waals surface area contributed by atoms with Crippen LogP contribution in [0.5, 0.6) is 0 Å². The Labute approximate surface area is 107 Å². The van der Waals surface area contributed by atoms with Crippen molar-refractivity contribution in [3.63, 3.8) is 0 Å². The molecule has 0 saturated carbocycles. The fraction of sp³-hybridized carbons (Fsp3) is 0.400. The van der Waals surface area contributed by atoms with E-state index in [1.54, 1.807) is 12.3 Å². The number of nitriles is 1. The first kappa shape index (κ1) is 11.6. The number of hydrogen-bond acceptors (Lipinski definition) is 4. The van der Waals surface area contributed by atoms with Gasteiger partial charge >= 0.3 is 0 Å². The molecule has 84 valence electrons.